The van der Waals surface area contributed by atoms with Crippen molar-refractivity contribution >= 4 is 27.3 Å². The monoisotopic (exact) mass is 286 g/mol. The molecule has 18 heavy (non-hydrogen) atoms. The Morgan fingerprint density at radius 1 is 1.56 bits per heavy atom. The second kappa shape index (κ2) is 6.10. The highest BCUT2D eigenvalue weighted by atomic mass is 35.5. The molecule has 0 fully saturated rings. The minimum absolute atomic E-state index is 0.0538. The fourth-order valence-electron chi connectivity index (χ4n) is 1.40. The number of rotatable bonds is 5. The van der Waals surface area contributed by atoms with Gasteiger partial charge in [0, 0.05) is 0 Å². The third-order valence-electron chi connectivity index (χ3n) is 2.36. The van der Waals surface area contributed by atoms with Crippen LogP contribution in [0.3, 0.4) is 0 Å². The van der Waals surface area contributed by atoms with Crippen LogP contribution >= 0.6 is 11.6 Å². The molecule has 0 saturated heterocycles. The van der Waals surface area contributed by atoms with Gasteiger partial charge in [-0.05, 0) is 24.6 Å². The number of hydrogen-bond donors (Lipinski definition) is 2. The van der Waals surface area contributed by atoms with Gasteiger partial charge in [-0.25, -0.2) is 8.42 Å². The number of benzene rings is 1. The number of nitrogens with two attached hydrogens (primary N) is 1. The fraction of sp³-hybridized carbons (Fsp3) is 0.333. The highest BCUT2D eigenvalue weighted by Gasteiger charge is 2.18. The van der Waals surface area contributed by atoms with E-state index in [1.807, 2.05) is 6.92 Å². The fourth-order valence-corrected chi connectivity index (χ4v) is 2.86. The molecule has 0 aliphatic carbocycles. The third kappa shape index (κ3) is 3.64. The van der Waals surface area contributed by atoms with Crippen molar-refractivity contribution in [2.75, 3.05) is 5.73 Å². The van der Waals surface area contributed by atoms with Gasteiger partial charge in [-0.15, -0.1) is 6.42 Å². The van der Waals surface area contributed by atoms with Crippen LogP contribution in [0.1, 0.15) is 19.8 Å². The molecule has 1 rings (SSSR count). The van der Waals surface area contributed by atoms with Crippen molar-refractivity contribution in [1.29, 1.82) is 0 Å². The average molecular weight is 287 g/mol. The van der Waals surface area contributed by atoms with Crippen molar-refractivity contribution in [3.8, 4) is 12.3 Å². The van der Waals surface area contributed by atoms with Gasteiger partial charge in [-0.3, -0.25) is 0 Å². The molecule has 1 aromatic rings. The number of nitrogen functional groups attached to an aromatic ring is 1. The molecule has 0 spiro atoms. The Balaban J connectivity index is 2.99. The predicted octanol–water partition coefficient (Wildman–Crippen LogP) is 2.00. The van der Waals surface area contributed by atoms with Crippen molar-refractivity contribution in [1.82, 2.24) is 4.72 Å². The molecule has 0 saturated carbocycles. The summed E-state index contributed by atoms with van der Waals surface area (Å²) in [5.41, 5.74) is 5.86. The summed E-state index contributed by atoms with van der Waals surface area (Å²) in [6.45, 7) is 1.93. The zero-order valence-electron chi connectivity index (χ0n) is 9.98. The average Bonchev–Trinajstić information content (AvgIpc) is 2.31. The summed E-state index contributed by atoms with van der Waals surface area (Å²) < 4.78 is 26.5. The first-order valence-electron chi connectivity index (χ1n) is 5.44. The molecule has 0 aliphatic heterocycles. The maximum atomic E-state index is 12.0. The molecule has 3 N–H and O–H groups in total. The van der Waals surface area contributed by atoms with Crippen molar-refractivity contribution in [3.63, 3.8) is 0 Å². The number of sulfonamides is 1. The number of terminal acetylenes is 1. The van der Waals surface area contributed by atoms with Gasteiger partial charge in [0.1, 0.15) is 0 Å². The van der Waals surface area contributed by atoms with Crippen LogP contribution in [0.25, 0.3) is 0 Å². The van der Waals surface area contributed by atoms with Crippen molar-refractivity contribution < 1.29 is 8.42 Å². The Bertz CT molecular complexity index is 564. The van der Waals surface area contributed by atoms with Crippen LogP contribution in [0, 0.1) is 12.3 Å². The molecule has 6 heteroatoms. The van der Waals surface area contributed by atoms with Gasteiger partial charge in [0.05, 0.1) is 21.6 Å². The molecular formula is C12H15ClN2O2S. The summed E-state index contributed by atoms with van der Waals surface area (Å²) in [7, 11) is -3.67. The molecule has 0 aromatic heterocycles. The topological polar surface area (TPSA) is 72.2 Å². The Morgan fingerprint density at radius 2 is 2.22 bits per heavy atom. The first kappa shape index (κ1) is 14.8. The van der Waals surface area contributed by atoms with Gasteiger partial charge in [0.2, 0.25) is 10.0 Å². The van der Waals surface area contributed by atoms with Gasteiger partial charge < -0.3 is 5.73 Å². The van der Waals surface area contributed by atoms with E-state index in [9.17, 15) is 8.42 Å². The summed E-state index contributed by atoms with van der Waals surface area (Å²) in [5.74, 6) is 2.41. The van der Waals surface area contributed by atoms with E-state index >= 15 is 0 Å². The summed E-state index contributed by atoms with van der Waals surface area (Å²) in [4.78, 5) is 0.0538. The van der Waals surface area contributed by atoms with Crippen molar-refractivity contribution in [3.05, 3.63) is 23.2 Å². The van der Waals surface area contributed by atoms with Gasteiger partial charge in [0.25, 0.3) is 0 Å². The van der Waals surface area contributed by atoms with E-state index in [0.717, 1.165) is 6.42 Å². The summed E-state index contributed by atoms with van der Waals surface area (Å²) >= 11 is 5.79. The summed E-state index contributed by atoms with van der Waals surface area (Å²) in [6, 6.07) is 3.62. The van der Waals surface area contributed by atoms with Gasteiger partial charge in [0.15, 0.2) is 0 Å². The molecule has 1 atom stereocenters. The standard InChI is InChI=1S/C12H15ClN2O2S/c1-3-5-9(4-2)15-18(16,17)10-6-7-12(14)11(13)8-10/h2,6-9,15H,3,5,14H2,1H3. The van der Waals surface area contributed by atoms with E-state index in [2.05, 4.69) is 10.6 Å². The molecule has 0 heterocycles. The first-order chi connectivity index (χ1) is 8.40. The molecule has 0 aliphatic rings. The molecule has 0 radical (unpaired) electrons. The van der Waals surface area contributed by atoms with Crippen LogP contribution in [0.2, 0.25) is 5.02 Å². The van der Waals surface area contributed by atoms with E-state index in [-0.39, 0.29) is 9.92 Å². The summed E-state index contributed by atoms with van der Waals surface area (Å²) in [6.07, 6.45) is 6.65. The maximum absolute atomic E-state index is 12.0. The second-order valence-electron chi connectivity index (χ2n) is 3.81. The maximum Gasteiger partial charge on any atom is 0.241 e. The SMILES string of the molecule is C#CC(CCC)NS(=O)(=O)c1ccc(N)c(Cl)c1. The van der Waals surface area contributed by atoms with Crippen molar-refractivity contribution in [2.45, 2.75) is 30.7 Å². The Kier molecular flexibility index (Phi) is 5.03. The lowest BCUT2D eigenvalue weighted by Gasteiger charge is -2.13. The molecule has 1 unspecified atom stereocenters. The lowest BCUT2D eigenvalue weighted by molar-refractivity contribution is 0.564. The zero-order valence-corrected chi connectivity index (χ0v) is 11.6. The van der Waals surface area contributed by atoms with E-state index in [0.29, 0.717) is 12.1 Å². The number of nitrogens with one attached hydrogen (secondary N) is 1. The molecule has 98 valence electrons. The highest BCUT2D eigenvalue weighted by molar-refractivity contribution is 7.89. The van der Waals surface area contributed by atoms with E-state index < -0.39 is 16.1 Å². The first-order valence-corrected chi connectivity index (χ1v) is 7.30. The number of hydrogen-bond acceptors (Lipinski definition) is 3. The largest absolute Gasteiger partial charge is 0.398 e. The van der Waals surface area contributed by atoms with Crippen LogP contribution in [0.5, 0.6) is 0 Å². The highest BCUT2D eigenvalue weighted by Crippen LogP contribution is 2.22. The smallest absolute Gasteiger partial charge is 0.241 e. The lowest BCUT2D eigenvalue weighted by Crippen LogP contribution is -2.33. The molecule has 0 bridgehead atoms. The van der Waals surface area contributed by atoms with E-state index in [1.54, 1.807) is 0 Å². The zero-order chi connectivity index (χ0) is 13.8. The Morgan fingerprint density at radius 3 is 2.72 bits per heavy atom. The Labute approximate surface area is 113 Å². The van der Waals surface area contributed by atoms with Gasteiger partial charge in [-0.2, -0.15) is 4.72 Å². The van der Waals surface area contributed by atoms with Crippen LogP contribution < -0.4 is 10.5 Å². The predicted molar refractivity (Wildman–Crippen MR) is 73.7 cm³/mol. The second-order valence-corrected chi connectivity index (χ2v) is 5.93. The van der Waals surface area contributed by atoms with E-state index in [1.165, 1.54) is 18.2 Å². The van der Waals surface area contributed by atoms with Crippen LogP contribution in [0.4, 0.5) is 5.69 Å². The van der Waals surface area contributed by atoms with Crippen molar-refractivity contribution in [2.24, 2.45) is 0 Å². The lowest BCUT2D eigenvalue weighted by atomic mass is 10.2. The van der Waals surface area contributed by atoms with Gasteiger partial charge >= 0.3 is 0 Å². The molecular weight excluding hydrogens is 272 g/mol. The normalized spacial score (nSPS) is 12.9. The third-order valence-corrected chi connectivity index (χ3v) is 4.15. The Hall–Kier alpha value is -1.22. The number of halogens is 1. The van der Waals surface area contributed by atoms with Crippen LogP contribution in [-0.2, 0) is 10.0 Å². The van der Waals surface area contributed by atoms with Crippen LogP contribution in [0.15, 0.2) is 23.1 Å². The van der Waals surface area contributed by atoms with E-state index in [4.69, 9.17) is 23.8 Å². The van der Waals surface area contributed by atoms with Gasteiger partial charge in [-0.1, -0.05) is 30.9 Å². The molecule has 1 aromatic carbocycles. The number of anilines is 1. The summed E-state index contributed by atoms with van der Waals surface area (Å²) in [5, 5.41) is 0.200. The molecule has 0 amide bonds. The quantitative estimate of drug-likeness (QED) is 0.642. The minimum Gasteiger partial charge on any atom is -0.398 e. The van der Waals surface area contributed by atoms with Crippen LogP contribution in [-0.4, -0.2) is 14.5 Å². The molecule has 4 nitrogen and oxygen atoms in total. The minimum atomic E-state index is -3.67.